The van der Waals surface area contributed by atoms with Crippen molar-refractivity contribution in [2.24, 2.45) is 0 Å². The molecule has 0 fully saturated rings. The minimum absolute atomic E-state index is 0.0770. The van der Waals surface area contributed by atoms with Crippen LogP contribution in [0.2, 0.25) is 0 Å². The Kier molecular flexibility index (Phi) is 3.61. The summed E-state index contributed by atoms with van der Waals surface area (Å²) in [5.74, 6) is 0.241. The van der Waals surface area contributed by atoms with Gasteiger partial charge in [-0.15, -0.1) is 10.2 Å². The summed E-state index contributed by atoms with van der Waals surface area (Å²) in [5.41, 5.74) is 0.824. The van der Waals surface area contributed by atoms with Crippen LogP contribution in [0.15, 0.2) is 36.4 Å². The zero-order chi connectivity index (χ0) is 13.8. The Morgan fingerprint density at radius 3 is 2.32 bits per heavy atom. The average molecular weight is 259 g/mol. The summed E-state index contributed by atoms with van der Waals surface area (Å²) in [6, 6.07) is 10.5. The molecule has 1 aromatic heterocycles. The maximum absolute atomic E-state index is 10.7. The smallest absolute Gasteiger partial charge is 0.356 e. The van der Waals surface area contributed by atoms with Crippen LogP contribution in [0.3, 0.4) is 0 Å². The minimum atomic E-state index is -1.09. The van der Waals surface area contributed by atoms with Gasteiger partial charge in [0.2, 0.25) is 0 Å². The normalized spacial score (nSPS) is 10.0. The summed E-state index contributed by atoms with van der Waals surface area (Å²) in [7, 11) is 3.43. The fourth-order valence-corrected chi connectivity index (χ4v) is 1.56. The number of methoxy groups -OCH3 is 1. The van der Waals surface area contributed by atoms with Crippen LogP contribution in [0.25, 0.3) is 0 Å². The van der Waals surface area contributed by atoms with Crippen molar-refractivity contribution in [1.82, 2.24) is 10.2 Å². The molecule has 0 saturated carbocycles. The second-order valence-corrected chi connectivity index (χ2v) is 3.84. The van der Waals surface area contributed by atoms with Gasteiger partial charge < -0.3 is 14.7 Å². The number of hydrogen-bond acceptors (Lipinski definition) is 5. The van der Waals surface area contributed by atoms with Crippen molar-refractivity contribution in [3.63, 3.8) is 0 Å². The fourth-order valence-electron chi connectivity index (χ4n) is 1.56. The predicted molar refractivity (Wildman–Crippen MR) is 70.0 cm³/mol. The number of hydrogen-bond donors (Lipinski definition) is 1. The number of aromatic nitrogens is 2. The Morgan fingerprint density at radius 2 is 1.84 bits per heavy atom. The number of anilines is 2. The van der Waals surface area contributed by atoms with Crippen LogP contribution >= 0.6 is 0 Å². The largest absolute Gasteiger partial charge is 0.497 e. The second kappa shape index (κ2) is 5.34. The maximum Gasteiger partial charge on any atom is 0.356 e. The molecular weight excluding hydrogens is 246 g/mol. The van der Waals surface area contributed by atoms with Gasteiger partial charge in [-0.3, -0.25) is 0 Å². The van der Waals surface area contributed by atoms with Crippen molar-refractivity contribution >= 4 is 17.5 Å². The number of ether oxygens (including phenoxy) is 1. The van der Waals surface area contributed by atoms with Crippen LogP contribution in [-0.4, -0.2) is 35.4 Å². The number of aromatic carboxylic acids is 1. The first kappa shape index (κ1) is 12.8. The molecule has 6 nitrogen and oxygen atoms in total. The van der Waals surface area contributed by atoms with Gasteiger partial charge in [0.25, 0.3) is 0 Å². The fraction of sp³-hybridized carbons (Fsp3) is 0.154. The van der Waals surface area contributed by atoms with Crippen LogP contribution in [0.5, 0.6) is 5.75 Å². The lowest BCUT2D eigenvalue weighted by atomic mass is 10.2. The summed E-state index contributed by atoms with van der Waals surface area (Å²) >= 11 is 0. The van der Waals surface area contributed by atoms with Crippen molar-refractivity contribution in [2.45, 2.75) is 0 Å². The molecule has 0 bridgehead atoms. The SMILES string of the molecule is COc1ccc(N(C)c2ccc(C(=O)O)nn2)cc1. The number of carboxylic acid groups (broad SMARTS) is 1. The second-order valence-electron chi connectivity index (χ2n) is 3.84. The Balaban J connectivity index is 2.22. The molecule has 0 saturated heterocycles. The van der Waals surface area contributed by atoms with Gasteiger partial charge in [-0.1, -0.05) is 0 Å². The summed E-state index contributed by atoms with van der Waals surface area (Å²) in [6.45, 7) is 0. The van der Waals surface area contributed by atoms with Gasteiger partial charge in [0.1, 0.15) is 5.75 Å². The van der Waals surface area contributed by atoms with E-state index in [4.69, 9.17) is 9.84 Å². The van der Waals surface area contributed by atoms with Crippen LogP contribution in [0.4, 0.5) is 11.5 Å². The van der Waals surface area contributed by atoms with Gasteiger partial charge in [-0.05, 0) is 36.4 Å². The van der Waals surface area contributed by atoms with Gasteiger partial charge in [-0.25, -0.2) is 4.79 Å². The van der Waals surface area contributed by atoms with Crippen molar-refractivity contribution in [3.8, 4) is 5.75 Å². The standard InChI is InChI=1S/C13H13N3O3/c1-16(9-3-5-10(19-2)6-4-9)12-8-7-11(13(17)18)14-15-12/h3-8H,1-2H3,(H,17,18). The lowest BCUT2D eigenvalue weighted by Crippen LogP contribution is -2.13. The highest BCUT2D eigenvalue weighted by atomic mass is 16.5. The van der Waals surface area contributed by atoms with Crippen LogP contribution in [0.1, 0.15) is 10.5 Å². The van der Waals surface area contributed by atoms with E-state index in [0.717, 1.165) is 11.4 Å². The first-order valence-corrected chi connectivity index (χ1v) is 5.56. The molecule has 0 radical (unpaired) electrons. The van der Waals surface area contributed by atoms with Crippen molar-refractivity contribution in [2.75, 3.05) is 19.1 Å². The molecule has 0 spiro atoms. The molecule has 2 rings (SSSR count). The molecule has 1 N–H and O–H groups in total. The van der Waals surface area contributed by atoms with Crippen LogP contribution < -0.4 is 9.64 Å². The highest BCUT2D eigenvalue weighted by molar-refractivity contribution is 5.85. The zero-order valence-corrected chi connectivity index (χ0v) is 10.6. The van der Waals surface area contributed by atoms with E-state index < -0.39 is 5.97 Å². The molecular formula is C13H13N3O3. The molecule has 0 aliphatic heterocycles. The van der Waals surface area contributed by atoms with Gasteiger partial charge in [-0.2, -0.15) is 0 Å². The van der Waals surface area contributed by atoms with E-state index in [1.165, 1.54) is 6.07 Å². The highest BCUT2D eigenvalue weighted by Crippen LogP contribution is 2.23. The molecule has 1 aromatic carbocycles. The molecule has 0 atom stereocenters. The first-order valence-electron chi connectivity index (χ1n) is 5.56. The zero-order valence-electron chi connectivity index (χ0n) is 10.6. The van der Waals surface area contributed by atoms with Crippen molar-refractivity contribution in [1.29, 1.82) is 0 Å². The number of carbonyl (C=O) groups is 1. The molecule has 6 heteroatoms. The number of benzene rings is 1. The van der Waals surface area contributed by atoms with E-state index in [1.54, 1.807) is 18.1 Å². The van der Waals surface area contributed by atoms with Crippen LogP contribution in [-0.2, 0) is 0 Å². The van der Waals surface area contributed by atoms with E-state index in [9.17, 15) is 4.79 Å². The van der Waals surface area contributed by atoms with E-state index in [-0.39, 0.29) is 5.69 Å². The lowest BCUT2D eigenvalue weighted by molar-refractivity contribution is 0.0689. The molecule has 0 unspecified atom stereocenters. The summed E-state index contributed by atoms with van der Waals surface area (Å²) in [5, 5.41) is 16.3. The number of rotatable bonds is 4. The Hall–Kier alpha value is -2.63. The Morgan fingerprint density at radius 1 is 1.16 bits per heavy atom. The average Bonchev–Trinajstić information content (AvgIpc) is 2.46. The van der Waals surface area contributed by atoms with E-state index in [0.29, 0.717) is 5.82 Å². The number of nitrogens with zero attached hydrogens (tertiary/aromatic N) is 3. The Bertz CT molecular complexity index is 567. The lowest BCUT2D eigenvalue weighted by Gasteiger charge is -2.17. The highest BCUT2D eigenvalue weighted by Gasteiger charge is 2.09. The summed E-state index contributed by atoms with van der Waals surface area (Å²) < 4.78 is 5.08. The molecule has 1 heterocycles. The molecule has 0 amide bonds. The maximum atomic E-state index is 10.7. The topological polar surface area (TPSA) is 75.5 Å². The third kappa shape index (κ3) is 2.79. The van der Waals surface area contributed by atoms with Gasteiger partial charge in [0, 0.05) is 12.7 Å². The van der Waals surface area contributed by atoms with E-state index >= 15 is 0 Å². The molecule has 2 aromatic rings. The molecule has 0 aliphatic rings. The van der Waals surface area contributed by atoms with E-state index in [1.807, 2.05) is 31.3 Å². The Labute approximate surface area is 110 Å². The number of carboxylic acids is 1. The molecule has 98 valence electrons. The van der Waals surface area contributed by atoms with Gasteiger partial charge in [0.05, 0.1) is 7.11 Å². The quantitative estimate of drug-likeness (QED) is 0.904. The third-order valence-corrected chi connectivity index (χ3v) is 2.67. The summed E-state index contributed by atoms with van der Waals surface area (Å²) in [4.78, 5) is 12.5. The van der Waals surface area contributed by atoms with Gasteiger partial charge in [0.15, 0.2) is 11.5 Å². The third-order valence-electron chi connectivity index (χ3n) is 2.67. The van der Waals surface area contributed by atoms with Crippen molar-refractivity contribution < 1.29 is 14.6 Å². The van der Waals surface area contributed by atoms with Gasteiger partial charge >= 0.3 is 5.97 Å². The molecule has 19 heavy (non-hydrogen) atoms. The van der Waals surface area contributed by atoms with E-state index in [2.05, 4.69) is 10.2 Å². The minimum Gasteiger partial charge on any atom is -0.497 e. The van der Waals surface area contributed by atoms with Crippen molar-refractivity contribution in [3.05, 3.63) is 42.1 Å². The molecule has 0 aliphatic carbocycles. The predicted octanol–water partition coefficient (Wildman–Crippen LogP) is 1.95. The summed E-state index contributed by atoms with van der Waals surface area (Å²) in [6.07, 6.45) is 0. The first-order chi connectivity index (χ1) is 9.11. The monoisotopic (exact) mass is 259 g/mol. The van der Waals surface area contributed by atoms with Crippen LogP contribution in [0, 0.1) is 0 Å².